The van der Waals surface area contributed by atoms with E-state index in [4.69, 9.17) is 0 Å². The van der Waals surface area contributed by atoms with Crippen LogP contribution in [0.1, 0.15) is 31.2 Å². The van der Waals surface area contributed by atoms with Crippen LogP contribution in [0.4, 0.5) is 0 Å². The molecule has 0 aliphatic carbocycles. The van der Waals surface area contributed by atoms with E-state index in [9.17, 15) is 9.59 Å². The highest BCUT2D eigenvalue weighted by Crippen LogP contribution is 2.28. The van der Waals surface area contributed by atoms with Gasteiger partial charge in [0, 0.05) is 19.5 Å². The molecule has 4 heteroatoms. The summed E-state index contributed by atoms with van der Waals surface area (Å²) in [6.07, 6.45) is 1.35. The third kappa shape index (κ3) is 3.20. The van der Waals surface area contributed by atoms with E-state index in [1.165, 1.54) is 4.90 Å². The number of hydrogen-bond acceptors (Lipinski definition) is 3. The normalized spacial score (nSPS) is 19.2. The smallest absolute Gasteiger partial charge is 0.237 e. The van der Waals surface area contributed by atoms with Gasteiger partial charge in [-0.1, -0.05) is 37.3 Å². The highest BCUT2D eigenvalue weighted by atomic mass is 16.2. The van der Waals surface area contributed by atoms with Gasteiger partial charge < -0.3 is 5.32 Å². The van der Waals surface area contributed by atoms with Crippen molar-refractivity contribution in [1.82, 2.24) is 10.2 Å². The lowest BCUT2D eigenvalue weighted by atomic mass is 9.98. The monoisotopic (exact) mass is 260 g/mol. The molecule has 1 fully saturated rings. The van der Waals surface area contributed by atoms with E-state index in [2.05, 4.69) is 12.2 Å². The van der Waals surface area contributed by atoms with Gasteiger partial charge in [-0.25, -0.2) is 0 Å². The maximum absolute atomic E-state index is 12.3. The number of imide groups is 1. The molecule has 1 aromatic carbocycles. The molecule has 4 nitrogen and oxygen atoms in total. The molecule has 1 heterocycles. The number of carbonyl (C=O) groups is 2. The average Bonchev–Trinajstić information content (AvgIpc) is 2.72. The maximum Gasteiger partial charge on any atom is 0.237 e. The summed E-state index contributed by atoms with van der Waals surface area (Å²) in [7, 11) is 0. The van der Waals surface area contributed by atoms with Crippen LogP contribution in [0.3, 0.4) is 0 Å². The maximum atomic E-state index is 12.3. The van der Waals surface area contributed by atoms with E-state index in [1.54, 1.807) is 0 Å². The first-order valence-electron chi connectivity index (χ1n) is 6.84. The van der Waals surface area contributed by atoms with Crippen molar-refractivity contribution in [1.29, 1.82) is 0 Å². The van der Waals surface area contributed by atoms with Crippen LogP contribution in [-0.4, -0.2) is 36.3 Å². The first-order chi connectivity index (χ1) is 9.24. The van der Waals surface area contributed by atoms with E-state index >= 15 is 0 Å². The molecule has 2 amide bonds. The topological polar surface area (TPSA) is 49.4 Å². The van der Waals surface area contributed by atoms with Crippen LogP contribution in [0.25, 0.3) is 0 Å². The van der Waals surface area contributed by atoms with Crippen LogP contribution < -0.4 is 5.32 Å². The fraction of sp³-hybridized carbons (Fsp3) is 0.467. The summed E-state index contributed by atoms with van der Waals surface area (Å²) in [6, 6.07) is 9.54. The minimum absolute atomic E-state index is 0.0582. The predicted molar refractivity (Wildman–Crippen MR) is 73.7 cm³/mol. The Bertz CT molecular complexity index is 445. The molecule has 0 radical (unpaired) electrons. The highest BCUT2D eigenvalue weighted by molar-refractivity contribution is 6.06. The molecule has 1 N–H and O–H groups in total. The average molecular weight is 260 g/mol. The van der Waals surface area contributed by atoms with Gasteiger partial charge in [-0.15, -0.1) is 0 Å². The van der Waals surface area contributed by atoms with Crippen molar-refractivity contribution < 1.29 is 9.59 Å². The zero-order valence-corrected chi connectivity index (χ0v) is 11.3. The van der Waals surface area contributed by atoms with Gasteiger partial charge in [0.2, 0.25) is 11.8 Å². The molecule has 102 valence electrons. The SMILES string of the molecule is CCCNCCN1C(=O)CC(c2ccccc2)C1=O. The van der Waals surface area contributed by atoms with Crippen LogP contribution in [0.5, 0.6) is 0 Å². The molecular weight excluding hydrogens is 240 g/mol. The van der Waals surface area contributed by atoms with Crippen molar-refractivity contribution in [3.63, 3.8) is 0 Å². The van der Waals surface area contributed by atoms with Gasteiger partial charge in [0.05, 0.1) is 5.92 Å². The molecule has 1 aliphatic heterocycles. The molecule has 1 aromatic rings. The van der Waals surface area contributed by atoms with E-state index < -0.39 is 0 Å². The van der Waals surface area contributed by atoms with Crippen LogP contribution in [0.15, 0.2) is 30.3 Å². The largest absolute Gasteiger partial charge is 0.315 e. The summed E-state index contributed by atoms with van der Waals surface area (Å²) in [5.41, 5.74) is 0.935. The molecule has 1 saturated heterocycles. The number of nitrogens with one attached hydrogen (secondary N) is 1. The lowest BCUT2D eigenvalue weighted by Crippen LogP contribution is -2.36. The van der Waals surface area contributed by atoms with Gasteiger partial charge in [0.1, 0.15) is 0 Å². The zero-order valence-electron chi connectivity index (χ0n) is 11.3. The van der Waals surface area contributed by atoms with E-state index in [-0.39, 0.29) is 17.7 Å². The molecule has 0 saturated carbocycles. The third-order valence-corrected chi connectivity index (χ3v) is 3.38. The van der Waals surface area contributed by atoms with Crippen molar-refractivity contribution in [3.05, 3.63) is 35.9 Å². The fourth-order valence-corrected chi connectivity index (χ4v) is 2.36. The molecule has 1 aliphatic rings. The van der Waals surface area contributed by atoms with Crippen molar-refractivity contribution in [2.24, 2.45) is 0 Å². The summed E-state index contributed by atoms with van der Waals surface area (Å²) in [5.74, 6) is -0.411. The van der Waals surface area contributed by atoms with E-state index in [1.807, 2.05) is 30.3 Å². The molecule has 19 heavy (non-hydrogen) atoms. The Hall–Kier alpha value is -1.68. The first kappa shape index (κ1) is 13.7. The summed E-state index contributed by atoms with van der Waals surface area (Å²) < 4.78 is 0. The highest BCUT2D eigenvalue weighted by Gasteiger charge is 2.38. The van der Waals surface area contributed by atoms with Crippen molar-refractivity contribution in [2.75, 3.05) is 19.6 Å². The molecule has 1 atom stereocenters. The van der Waals surface area contributed by atoms with Gasteiger partial charge in [-0.05, 0) is 18.5 Å². The summed E-state index contributed by atoms with van der Waals surface area (Å²) >= 11 is 0. The summed E-state index contributed by atoms with van der Waals surface area (Å²) in [6.45, 7) is 4.15. The quantitative estimate of drug-likeness (QED) is 0.623. The second-order valence-electron chi connectivity index (χ2n) is 4.80. The summed E-state index contributed by atoms with van der Waals surface area (Å²) in [5, 5.41) is 3.21. The number of rotatable bonds is 6. The third-order valence-electron chi connectivity index (χ3n) is 3.38. The minimum atomic E-state index is -0.292. The zero-order chi connectivity index (χ0) is 13.7. The van der Waals surface area contributed by atoms with Gasteiger partial charge in [0.25, 0.3) is 0 Å². The number of carbonyl (C=O) groups excluding carboxylic acids is 2. The molecular formula is C15H20N2O2. The Balaban J connectivity index is 1.97. The predicted octanol–water partition coefficient (Wildman–Crippen LogP) is 1.53. The molecule has 2 rings (SSSR count). The van der Waals surface area contributed by atoms with Crippen molar-refractivity contribution >= 4 is 11.8 Å². The first-order valence-corrected chi connectivity index (χ1v) is 6.84. The van der Waals surface area contributed by atoms with Gasteiger partial charge >= 0.3 is 0 Å². The Morgan fingerprint density at radius 2 is 1.95 bits per heavy atom. The Morgan fingerprint density at radius 3 is 2.63 bits per heavy atom. The Morgan fingerprint density at radius 1 is 1.21 bits per heavy atom. The van der Waals surface area contributed by atoms with Crippen molar-refractivity contribution in [2.45, 2.75) is 25.7 Å². The van der Waals surface area contributed by atoms with E-state index in [0.29, 0.717) is 19.5 Å². The van der Waals surface area contributed by atoms with Crippen LogP contribution in [0, 0.1) is 0 Å². The minimum Gasteiger partial charge on any atom is -0.315 e. The number of benzene rings is 1. The van der Waals surface area contributed by atoms with E-state index in [0.717, 1.165) is 18.5 Å². The molecule has 0 aromatic heterocycles. The lowest BCUT2D eigenvalue weighted by molar-refractivity contribution is -0.138. The molecule has 1 unspecified atom stereocenters. The van der Waals surface area contributed by atoms with Crippen LogP contribution in [0.2, 0.25) is 0 Å². The number of hydrogen-bond donors (Lipinski definition) is 1. The summed E-state index contributed by atoms with van der Waals surface area (Å²) in [4.78, 5) is 25.6. The molecule has 0 spiro atoms. The van der Waals surface area contributed by atoms with Gasteiger partial charge in [-0.2, -0.15) is 0 Å². The number of amides is 2. The standard InChI is InChI=1S/C15H20N2O2/c1-2-8-16-9-10-17-14(18)11-13(15(17)19)12-6-4-3-5-7-12/h3-7,13,16H,2,8-11H2,1H3. The Kier molecular flexibility index (Phi) is 4.68. The van der Waals surface area contributed by atoms with Crippen LogP contribution in [-0.2, 0) is 9.59 Å². The van der Waals surface area contributed by atoms with Gasteiger partial charge in [-0.3, -0.25) is 14.5 Å². The Labute approximate surface area is 113 Å². The molecule has 0 bridgehead atoms. The lowest BCUT2D eigenvalue weighted by Gasteiger charge is -2.15. The fourth-order valence-electron chi connectivity index (χ4n) is 2.36. The number of likely N-dealkylation sites (tertiary alicyclic amines) is 1. The van der Waals surface area contributed by atoms with Crippen molar-refractivity contribution in [3.8, 4) is 0 Å². The second kappa shape index (κ2) is 6.48. The van der Waals surface area contributed by atoms with Gasteiger partial charge in [0.15, 0.2) is 0 Å². The number of nitrogens with zero attached hydrogens (tertiary/aromatic N) is 1. The van der Waals surface area contributed by atoms with Crippen LogP contribution >= 0.6 is 0 Å². The second-order valence-corrected chi connectivity index (χ2v) is 4.80.